The average Bonchev–Trinajstić information content (AvgIpc) is 3.17. The van der Waals surface area contributed by atoms with Crippen molar-refractivity contribution in [3.63, 3.8) is 0 Å². The first-order valence-electron chi connectivity index (χ1n) is 9.65. The molecule has 2 aromatic carbocycles. The number of H-pyrrole nitrogens is 1. The number of ether oxygens (including phenoxy) is 2. The minimum atomic E-state index is -0.217. The van der Waals surface area contributed by atoms with Gasteiger partial charge in [0.05, 0.1) is 13.7 Å². The Bertz CT molecular complexity index is 1200. The number of fused-ring (bicyclic) bond motifs is 1. The van der Waals surface area contributed by atoms with Gasteiger partial charge >= 0.3 is 0 Å². The van der Waals surface area contributed by atoms with Crippen molar-refractivity contribution in [2.24, 2.45) is 0 Å². The van der Waals surface area contributed by atoms with Crippen molar-refractivity contribution in [1.82, 2.24) is 19.6 Å². The molecule has 30 heavy (non-hydrogen) atoms. The predicted octanol–water partition coefficient (Wildman–Crippen LogP) is 3.83. The molecule has 0 aliphatic rings. The number of thioether (sulfide) groups is 1. The Morgan fingerprint density at radius 1 is 1.10 bits per heavy atom. The molecule has 0 spiro atoms. The van der Waals surface area contributed by atoms with Crippen LogP contribution in [-0.4, -0.2) is 39.1 Å². The highest BCUT2D eigenvalue weighted by atomic mass is 32.2. The minimum absolute atomic E-state index is 0.217. The summed E-state index contributed by atoms with van der Waals surface area (Å²) in [5.74, 6) is 2.89. The zero-order valence-corrected chi connectivity index (χ0v) is 17.6. The van der Waals surface area contributed by atoms with Crippen LogP contribution >= 0.6 is 11.8 Å². The van der Waals surface area contributed by atoms with Crippen molar-refractivity contribution < 1.29 is 9.47 Å². The van der Waals surface area contributed by atoms with Gasteiger partial charge < -0.3 is 9.47 Å². The monoisotopic (exact) mass is 422 g/mol. The first-order valence-corrected chi connectivity index (χ1v) is 10.6. The molecule has 0 bridgehead atoms. The Hall–Kier alpha value is -3.26. The third-order valence-electron chi connectivity index (χ3n) is 4.60. The summed E-state index contributed by atoms with van der Waals surface area (Å²) >= 11 is 1.50. The lowest BCUT2D eigenvalue weighted by Crippen LogP contribution is -2.07. The average molecular weight is 423 g/mol. The standard InChI is InChI=1S/C22H22N4O3S/c1-3-15-6-4-5-7-18(15)29-12-13-30-22-24-21(16-8-10-17(28-2)11-9-16)23-19-14-20(27)25-26(19)22/h4-11,14H,3,12-13H2,1-2H3,(H,25,27). The van der Waals surface area contributed by atoms with Crippen LogP contribution in [0.3, 0.4) is 0 Å². The van der Waals surface area contributed by atoms with E-state index in [1.54, 1.807) is 11.6 Å². The Labute approximate surface area is 178 Å². The molecule has 0 saturated heterocycles. The summed E-state index contributed by atoms with van der Waals surface area (Å²) in [6.07, 6.45) is 0.922. The largest absolute Gasteiger partial charge is 0.497 e. The third kappa shape index (κ3) is 4.33. The molecule has 0 radical (unpaired) electrons. The first-order chi connectivity index (χ1) is 14.7. The fourth-order valence-electron chi connectivity index (χ4n) is 3.07. The van der Waals surface area contributed by atoms with E-state index in [9.17, 15) is 4.79 Å². The zero-order chi connectivity index (χ0) is 20.9. The summed E-state index contributed by atoms with van der Waals surface area (Å²) in [7, 11) is 1.62. The molecule has 0 atom stereocenters. The summed E-state index contributed by atoms with van der Waals surface area (Å²) in [4.78, 5) is 21.0. The van der Waals surface area contributed by atoms with Gasteiger partial charge in [-0.2, -0.15) is 0 Å². The van der Waals surface area contributed by atoms with E-state index in [0.717, 1.165) is 23.5 Å². The maximum Gasteiger partial charge on any atom is 0.266 e. The van der Waals surface area contributed by atoms with Gasteiger partial charge in [-0.1, -0.05) is 36.9 Å². The van der Waals surface area contributed by atoms with Gasteiger partial charge in [0.15, 0.2) is 16.6 Å². The van der Waals surface area contributed by atoms with E-state index in [-0.39, 0.29) is 5.56 Å². The van der Waals surface area contributed by atoms with E-state index in [2.05, 4.69) is 28.1 Å². The highest BCUT2D eigenvalue weighted by molar-refractivity contribution is 7.99. The summed E-state index contributed by atoms with van der Waals surface area (Å²) in [5, 5.41) is 3.41. The van der Waals surface area contributed by atoms with E-state index in [1.807, 2.05) is 42.5 Å². The van der Waals surface area contributed by atoms with Crippen molar-refractivity contribution in [1.29, 1.82) is 0 Å². The molecule has 1 N–H and O–H groups in total. The predicted molar refractivity (Wildman–Crippen MR) is 118 cm³/mol. The van der Waals surface area contributed by atoms with Crippen molar-refractivity contribution in [3.05, 3.63) is 70.5 Å². The number of hydrogen-bond donors (Lipinski definition) is 1. The van der Waals surface area contributed by atoms with Gasteiger partial charge in [-0.3, -0.25) is 9.89 Å². The molecule has 154 valence electrons. The second-order valence-corrected chi connectivity index (χ2v) is 7.59. The maximum absolute atomic E-state index is 11.9. The van der Waals surface area contributed by atoms with Crippen LogP contribution in [0.5, 0.6) is 11.5 Å². The third-order valence-corrected chi connectivity index (χ3v) is 5.50. The fourth-order valence-corrected chi connectivity index (χ4v) is 3.84. The van der Waals surface area contributed by atoms with Gasteiger partial charge in [-0.05, 0) is 42.3 Å². The van der Waals surface area contributed by atoms with Crippen LogP contribution in [0.1, 0.15) is 12.5 Å². The van der Waals surface area contributed by atoms with Gasteiger partial charge in [0, 0.05) is 17.4 Å². The molecule has 2 aromatic heterocycles. The van der Waals surface area contributed by atoms with Gasteiger partial charge in [-0.15, -0.1) is 0 Å². The van der Waals surface area contributed by atoms with E-state index in [4.69, 9.17) is 9.47 Å². The number of nitrogens with zero attached hydrogens (tertiary/aromatic N) is 3. The molecule has 0 aliphatic heterocycles. The molecule has 4 rings (SSSR count). The van der Waals surface area contributed by atoms with Crippen molar-refractivity contribution in [3.8, 4) is 22.9 Å². The highest BCUT2D eigenvalue weighted by Crippen LogP contribution is 2.24. The molecule has 0 amide bonds. The summed E-state index contributed by atoms with van der Waals surface area (Å²) in [6.45, 7) is 2.63. The van der Waals surface area contributed by atoms with Gasteiger partial charge in [0.25, 0.3) is 5.56 Å². The Kier molecular flexibility index (Phi) is 6.04. The first kappa shape index (κ1) is 20.0. The molecule has 0 aliphatic carbocycles. The number of methoxy groups -OCH3 is 1. The van der Waals surface area contributed by atoms with E-state index < -0.39 is 0 Å². The lowest BCUT2D eigenvalue weighted by molar-refractivity contribution is 0.340. The van der Waals surface area contributed by atoms with Crippen LogP contribution in [-0.2, 0) is 6.42 Å². The molecule has 2 heterocycles. The number of aromatic nitrogens is 4. The number of aromatic amines is 1. The van der Waals surface area contributed by atoms with E-state index in [0.29, 0.717) is 29.0 Å². The Morgan fingerprint density at radius 3 is 2.67 bits per heavy atom. The lowest BCUT2D eigenvalue weighted by Gasteiger charge is -2.11. The smallest absolute Gasteiger partial charge is 0.266 e. The van der Waals surface area contributed by atoms with Crippen LogP contribution in [0.2, 0.25) is 0 Å². The zero-order valence-electron chi connectivity index (χ0n) is 16.8. The molecule has 0 unspecified atom stereocenters. The van der Waals surface area contributed by atoms with Crippen molar-refractivity contribution >= 4 is 17.4 Å². The molecule has 0 saturated carbocycles. The van der Waals surface area contributed by atoms with E-state index >= 15 is 0 Å². The second kappa shape index (κ2) is 9.04. The van der Waals surface area contributed by atoms with Crippen molar-refractivity contribution in [2.45, 2.75) is 18.5 Å². The molecular formula is C22H22N4O3S. The van der Waals surface area contributed by atoms with Crippen LogP contribution in [0, 0.1) is 0 Å². The number of para-hydroxylation sites is 1. The Morgan fingerprint density at radius 2 is 1.90 bits per heavy atom. The Balaban J connectivity index is 1.54. The maximum atomic E-state index is 11.9. The number of hydrogen-bond acceptors (Lipinski definition) is 6. The number of nitrogens with one attached hydrogen (secondary N) is 1. The molecule has 8 heteroatoms. The lowest BCUT2D eigenvalue weighted by atomic mass is 10.1. The van der Waals surface area contributed by atoms with Crippen LogP contribution in [0.25, 0.3) is 17.0 Å². The minimum Gasteiger partial charge on any atom is -0.497 e. The van der Waals surface area contributed by atoms with Gasteiger partial charge in [-0.25, -0.2) is 14.5 Å². The summed E-state index contributed by atoms with van der Waals surface area (Å²) in [5.41, 5.74) is 2.34. The number of aryl methyl sites for hydroxylation is 1. The van der Waals surface area contributed by atoms with Crippen LogP contribution in [0.15, 0.2) is 64.5 Å². The van der Waals surface area contributed by atoms with Gasteiger partial charge in [0.2, 0.25) is 0 Å². The summed E-state index contributed by atoms with van der Waals surface area (Å²) in [6, 6.07) is 17.0. The van der Waals surface area contributed by atoms with Crippen LogP contribution in [0.4, 0.5) is 0 Å². The number of rotatable bonds is 8. The van der Waals surface area contributed by atoms with E-state index in [1.165, 1.54) is 23.4 Å². The molecule has 4 aromatic rings. The molecule has 0 fully saturated rings. The quantitative estimate of drug-likeness (QED) is 0.343. The second-order valence-electron chi connectivity index (χ2n) is 6.53. The number of benzene rings is 2. The molecular weight excluding hydrogens is 400 g/mol. The fraction of sp³-hybridized carbons (Fsp3) is 0.227. The SMILES string of the molecule is CCc1ccccc1OCCSc1nc(-c2ccc(OC)cc2)nc2cc(=O)[nH]n12. The van der Waals surface area contributed by atoms with Gasteiger partial charge in [0.1, 0.15) is 11.5 Å². The normalized spacial score (nSPS) is 11.0. The summed E-state index contributed by atoms with van der Waals surface area (Å²) < 4.78 is 12.8. The molecule has 7 nitrogen and oxygen atoms in total. The topological polar surface area (TPSA) is 81.5 Å². The highest BCUT2D eigenvalue weighted by Gasteiger charge is 2.12. The van der Waals surface area contributed by atoms with Crippen LogP contribution < -0.4 is 15.0 Å². The van der Waals surface area contributed by atoms with Crippen molar-refractivity contribution in [2.75, 3.05) is 19.5 Å².